The number of carbonyl (C=O) groups excluding carboxylic acids is 1. The summed E-state index contributed by atoms with van der Waals surface area (Å²) in [5, 5.41) is 2.86. The Morgan fingerprint density at radius 1 is 1.35 bits per heavy atom. The van der Waals surface area contributed by atoms with Crippen molar-refractivity contribution in [3.63, 3.8) is 0 Å². The molecule has 102 valence electrons. The van der Waals surface area contributed by atoms with Crippen LogP contribution in [0.2, 0.25) is 0 Å². The quantitative estimate of drug-likeness (QED) is 0.747. The van der Waals surface area contributed by atoms with Crippen LogP contribution in [0, 0.1) is 5.41 Å². The Morgan fingerprint density at radius 3 is 2.24 bits per heavy atom. The highest BCUT2D eigenvalue weighted by atomic mass is 16.5. The Balaban J connectivity index is 4.16. The summed E-state index contributed by atoms with van der Waals surface area (Å²) in [4.78, 5) is 11.9. The van der Waals surface area contributed by atoms with Gasteiger partial charge in [0.1, 0.15) is 5.60 Å². The summed E-state index contributed by atoms with van der Waals surface area (Å²) in [7, 11) is 1.55. The fourth-order valence-electron chi connectivity index (χ4n) is 1.67. The Morgan fingerprint density at radius 2 is 1.88 bits per heavy atom. The first-order valence-electron chi connectivity index (χ1n) is 6.23. The van der Waals surface area contributed by atoms with E-state index in [2.05, 4.69) is 26.1 Å². The smallest absolute Gasteiger partial charge is 0.251 e. The molecule has 4 nitrogen and oxygen atoms in total. The van der Waals surface area contributed by atoms with Crippen molar-refractivity contribution in [1.29, 1.82) is 0 Å². The SMILES string of the molecule is CCC(C)(OC)C(=O)NCC(N)CC(C)(C)C. The molecule has 0 heterocycles. The number of amides is 1. The minimum absolute atomic E-state index is 0.0167. The first-order chi connectivity index (χ1) is 7.64. The highest BCUT2D eigenvalue weighted by Crippen LogP contribution is 2.20. The zero-order valence-corrected chi connectivity index (χ0v) is 12.1. The van der Waals surface area contributed by atoms with Crippen molar-refractivity contribution in [2.75, 3.05) is 13.7 Å². The van der Waals surface area contributed by atoms with E-state index in [1.165, 1.54) is 0 Å². The zero-order valence-electron chi connectivity index (χ0n) is 12.1. The van der Waals surface area contributed by atoms with Gasteiger partial charge in [0.15, 0.2) is 0 Å². The van der Waals surface area contributed by atoms with Gasteiger partial charge in [0.25, 0.3) is 5.91 Å². The summed E-state index contributed by atoms with van der Waals surface area (Å²) >= 11 is 0. The van der Waals surface area contributed by atoms with Crippen LogP contribution in [0.25, 0.3) is 0 Å². The van der Waals surface area contributed by atoms with Gasteiger partial charge in [-0.05, 0) is 25.2 Å². The summed E-state index contributed by atoms with van der Waals surface area (Å²) in [6.45, 7) is 10.6. The highest BCUT2D eigenvalue weighted by molar-refractivity contribution is 5.84. The predicted octanol–water partition coefficient (Wildman–Crippen LogP) is 1.68. The molecular weight excluding hydrogens is 216 g/mol. The molecule has 0 spiro atoms. The third-order valence-electron chi connectivity index (χ3n) is 3.00. The molecule has 0 aliphatic carbocycles. The van der Waals surface area contributed by atoms with Gasteiger partial charge in [-0.25, -0.2) is 0 Å². The lowest BCUT2D eigenvalue weighted by molar-refractivity contribution is -0.141. The zero-order chi connectivity index (χ0) is 13.7. The van der Waals surface area contributed by atoms with Crippen LogP contribution in [0.4, 0.5) is 0 Å². The van der Waals surface area contributed by atoms with E-state index in [4.69, 9.17) is 10.5 Å². The van der Waals surface area contributed by atoms with Crippen LogP contribution in [-0.4, -0.2) is 31.2 Å². The maximum absolute atomic E-state index is 11.9. The molecule has 3 N–H and O–H groups in total. The number of ether oxygens (including phenoxy) is 1. The molecule has 0 aliphatic heterocycles. The lowest BCUT2D eigenvalue weighted by Gasteiger charge is -2.27. The molecule has 2 unspecified atom stereocenters. The molecule has 0 aliphatic rings. The van der Waals surface area contributed by atoms with Gasteiger partial charge in [-0.15, -0.1) is 0 Å². The summed E-state index contributed by atoms with van der Waals surface area (Å²) in [6.07, 6.45) is 1.52. The predicted molar refractivity (Wildman–Crippen MR) is 70.8 cm³/mol. The first kappa shape index (κ1) is 16.4. The highest BCUT2D eigenvalue weighted by Gasteiger charge is 2.31. The van der Waals surface area contributed by atoms with Crippen molar-refractivity contribution < 1.29 is 9.53 Å². The molecule has 1 amide bonds. The van der Waals surface area contributed by atoms with Crippen molar-refractivity contribution in [2.24, 2.45) is 11.1 Å². The summed E-state index contributed by atoms with van der Waals surface area (Å²) in [6, 6.07) is -0.0167. The van der Waals surface area contributed by atoms with E-state index in [0.717, 1.165) is 6.42 Å². The summed E-state index contributed by atoms with van der Waals surface area (Å²) < 4.78 is 5.23. The maximum atomic E-state index is 11.9. The van der Waals surface area contributed by atoms with Crippen LogP contribution in [0.3, 0.4) is 0 Å². The van der Waals surface area contributed by atoms with Gasteiger partial charge in [0, 0.05) is 19.7 Å². The molecule has 4 heteroatoms. The molecule has 2 atom stereocenters. The Labute approximate surface area is 105 Å². The van der Waals surface area contributed by atoms with E-state index >= 15 is 0 Å². The second-order valence-corrected chi connectivity index (χ2v) is 6.02. The van der Waals surface area contributed by atoms with Crippen molar-refractivity contribution >= 4 is 5.91 Å². The van der Waals surface area contributed by atoms with Gasteiger partial charge < -0.3 is 15.8 Å². The van der Waals surface area contributed by atoms with Gasteiger partial charge in [-0.2, -0.15) is 0 Å². The van der Waals surface area contributed by atoms with Gasteiger partial charge in [-0.1, -0.05) is 27.7 Å². The molecule has 0 bridgehead atoms. The fourth-order valence-corrected chi connectivity index (χ4v) is 1.67. The molecule has 0 saturated carbocycles. The number of methoxy groups -OCH3 is 1. The van der Waals surface area contributed by atoms with Crippen LogP contribution in [0.5, 0.6) is 0 Å². The second-order valence-electron chi connectivity index (χ2n) is 6.02. The van der Waals surface area contributed by atoms with Crippen LogP contribution in [-0.2, 0) is 9.53 Å². The lowest BCUT2D eigenvalue weighted by Crippen LogP contribution is -2.49. The van der Waals surface area contributed by atoms with Gasteiger partial charge in [-0.3, -0.25) is 4.79 Å². The number of nitrogens with two attached hydrogens (primary N) is 1. The van der Waals surface area contributed by atoms with E-state index in [9.17, 15) is 4.79 Å². The van der Waals surface area contributed by atoms with Crippen LogP contribution in [0.1, 0.15) is 47.5 Å². The Bertz CT molecular complexity index is 242. The number of carbonyl (C=O) groups is 1. The van der Waals surface area contributed by atoms with E-state index in [1.807, 2.05) is 6.92 Å². The molecule has 0 aromatic heterocycles. The Hall–Kier alpha value is -0.610. The molecule has 0 aromatic carbocycles. The van der Waals surface area contributed by atoms with Crippen molar-refractivity contribution in [3.8, 4) is 0 Å². The number of nitrogens with one attached hydrogen (secondary N) is 1. The third-order valence-corrected chi connectivity index (χ3v) is 3.00. The fraction of sp³-hybridized carbons (Fsp3) is 0.923. The summed E-state index contributed by atoms with van der Waals surface area (Å²) in [5.74, 6) is -0.0909. The topological polar surface area (TPSA) is 64.3 Å². The van der Waals surface area contributed by atoms with Crippen LogP contribution in [0.15, 0.2) is 0 Å². The average molecular weight is 244 g/mol. The molecule has 0 radical (unpaired) electrons. The molecule has 0 fully saturated rings. The molecule has 0 rings (SSSR count). The van der Waals surface area contributed by atoms with E-state index < -0.39 is 5.60 Å². The minimum Gasteiger partial charge on any atom is -0.369 e. The third kappa shape index (κ3) is 6.03. The minimum atomic E-state index is -0.749. The van der Waals surface area contributed by atoms with E-state index in [0.29, 0.717) is 13.0 Å². The van der Waals surface area contributed by atoms with E-state index in [-0.39, 0.29) is 17.4 Å². The molecule has 0 saturated heterocycles. The van der Waals surface area contributed by atoms with Crippen molar-refractivity contribution in [2.45, 2.75) is 59.1 Å². The monoisotopic (exact) mass is 244 g/mol. The summed E-state index contributed by atoms with van der Waals surface area (Å²) in [5.41, 5.74) is 5.41. The number of rotatable bonds is 6. The normalized spacial score (nSPS) is 17.4. The largest absolute Gasteiger partial charge is 0.369 e. The van der Waals surface area contributed by atoms with Gasteiger partial charge in [0.05, 0.1) is 0 Å². The number of hydrogen-bond donors (Lipinski definition) is 2. The van der Waals surface area contributed by atoms with Crippen molar-refractivity contribution in [1.82, 2.24) is 5.32 Å². The average Bonchev–Trinajstić information content (AvgIpc) is 2.22. The Kier molecular flexibility index (Phi) is 6.13. The lowest BCUT2D eigenvalue weighted by atomic mass is 9.88. The second kappa shape index (κ2) is 6.36. The van der Waals surface area contributed by atoms with Gasteiger partial charge >= 0.3 is 0 Å². The molecular formula is C13H28N2O2. The molecule has 17 heavy (non-hydrogen) atoms. The standard InChI is InChI=1S/C13H28N2O2/c1-7-13(5,17-6)11(16)15-9-10(14)8-12(2,3)4/h10H,7-9,14H2,1-6H3,(H,15,16). The van der Waals surface area contributed by atoms with Crippen LogP contribution >= 0.6 is 0 Å². The maximum Gasteiger partial charge on any atom is 0.251 e. The van der Waals surface area contributed by atoms with Gasteiger partial charge in [0.2, 0.25) is 0 Å². The number of hydrogen-bond acceptors (Lipinski definition) is 3. The molecule has 0 aromatic rings. The van der Waals surface area contributed by atoms with Crippen molar-refractivity contribution in [3.05, 3.63) is 0 Å². The first-order valence-corrected chi connectivity index (χ1v) is 6.23. The van der Waals surface area contributed by atoms with Crippen LogP contribution < -0.4 is 11.1 Å². The van der Waals surface area contributed by atoms with E-state index in [1.54, 1.807) is 14.0 Å².